The number of aryl methyl sites for hydroxylation is 1. The van der Waals surface area contributed by atoms with E-state index in [1.165, 1.54) is 0 Å². The van der Waals surface area contributed by atoms with E-state index in [4.69, 9.17) is 10.2 Å². The van der Waals surface area contributed by atoms with E-state index >= 15 is 0 Å². The van der Waals surface area contributed by atoms with Gasteiger partial charge in [0.05, 0.1) is 0 Å². The van der Waals surface area contributed by atoms with E-state index in [1.807, 2.05) is 30.1 Å². The Labute approximate surface area is 137 Å². The fraction of sp³-hybridized carbons (Fsp3) is 0.526. The number of nitrogens with zero attached hydrogens (tertiary/aromatic N) is 1. The van der Waals surface area contributed by atoms with Gasteiger partial charge in [-0.25, -0.2) is 0 Å². The number of carbonyl (C=O) groups excluding carboxylic acids is 1. The third-order valence-corrected chi connectivity index (χ3v) is 5.15. The molecular formula is C19H26N2O2. The molecule has 2 atom stereocenters. The molecule has 1 aliphatic rings. The van der Waals surface area contributed by atoms with Crippen LogP contribution in [-0.2, 0) is 17.8 Å². The van der Waals surface area contributed by atoms with Crippen LogP contribution in [-0.4, -0.2) is 24.4 Å². The van der Waals surface area contributed by atoms with Crippen molar-refractivity contribution >= 4 is 16.9 Å². The maximum atomic E-state index is 12.8. The van der Waals surface area contributed by atoms with Crippen molar-refractivity contribution < 1.29 is 9.21 Å². The first-order valence-corrected chi connectivity index (χ1v) is 8.60. The molecule has 1 aliphatic carbocycles. The predicted octanol–water partition coefficient (Wildman–Crippen LogP) is 3.33. The minimum Gasteiger partial charge on any atom is -0.461 e. The summed E-state index contributed by atoms with van der Waals surface area (Å²) in [4.78, 5) is 14.7. The van der Waals surface area contributed by atoms with Crippen molar-refractivity contribution in [1.82, 2.24) is 4.90 Å². The number of hydrogen-bond acceptors (Lipinski definition) is 3. The van der Waals surface area contributed by atoms with E-state index < -0.39 is 0 Å². The van der Waals surface area contributed by atoms with Gasteiger partial charge >= 0.3 is 0 Å². The Morgan fingerprint density at radius 3 is 2.87 bits per heavy atom. The topological polar surface area (TPSA) is 59.5 Å². The summed E-state index contributed by atoms with van der Waals surface area (Å²) in [7, 11) is 1.90. The van der Waals surface area contributed by atoms with Crippen LogP contribution < -0.4 is 5.73 Å². The normalized spacial score (nSPS) is 21.0. The van der Waals surface area contributed by atoms with Crippen LogP contribution in [0.4, 0.5) is 0 Å². The third kappa shape index (κ3) is 3.00. The lowest BCUT2D eigenvalue weighted by Gasteiger charge is -2.24. The van der Waals surface area contributed by atoms with Gasteiger partial charge in [-0.3, -0.25) is 4.79 Å². The highest BCUT2D eigenvalue weighted by Gasteiger charge is 2.34. The molecule has 1 aromatic heterocycles. The molecule has 3 rings (SSSR count). The number of benzene rings is 1. The maximum Gasteiger partial charge on any atom is 0.226 e. The van der Waals surface area contributed by atoms with Gasteiger partial charge in [0.15, 0.2) is 0 Å². The highest BCUT2D eigenvalue weighted by molar-refractivity contribution is 5.84. The summed E-state index contributed by atoms with van der Waals surface area (Å²) in [5.74, 6) is 1.64. The molecule has 0 radical (unpaired) electrons. The fourth-order valence-electron chi connectivity index (χ4n) is 3.85. The number of fused-ring (bicyclic) bond motifs is 1. The van der Waals surface area contributed by atoms with Crippen LogP contribution in [0, 0.1) is 11.8 Å². The van der Waals surface area contributed by atoms with Crippen LogP contribution in [0.3, 0.4) is 0 Å². The Kier molecular flexibility index (Phi) is 4.71. The molecule has 0 saturated heterocycles. The van der Waals surface area contributed by atoms with Crippen LogP contribution in [0.5, 0.6) is 0 Å². The lowest BCUT2D eigenvalue weighted by atomic mass is 9.94. The van der Waals surface area contributed by atoms with Gasteiger partial charge < -0.3 is 15.1 Å². The molecule has 0 bridgehead atoms. The van der Waals surface area contributed by atoms with Crippen molar-refractivity contribution in [1.29, 1.82) is 0 Å². The summed E-state index contributed by atoms with van der Waals surface area (Å²) in [5, 5.41) is 1.12. The van der Waals surface area contributed by atoms with Gasteiger partial charge in [0.2, 0.25) is 5.91 Å². The molecule has 23 heavy (non-hydrogen) atoms. The first-order chi connectivity index (χ1) is 11.2. The average molecular weight is 314 g/mol. The first kappa shape index (κ1) is 16.1. The van der Waals surface area contributed by atoms with Crippen molar-refractivity contribution in [2.24, 2.45) is 17.6 Å². The van der Waals surface area contributed by atoms with Crippen LogP contribution in [0.1, 0.15) is 37.5 Å². The molecule has 1 aromatic carbocycles. The summed E-state index contributed by atoms with van der Waals surface area (Å²) in [5.41, 5.74) is 7.88. The number of para-hydroxylation sites is 1. The zero-order valence-electron chi connectivity index (χ0n) is 14.0. The lowest BCUT2D eigenvalue weighted by molar-refractivity contribution is -0.135. The summed E-state index contributed by atoms with van der Waals surface area (Å²) in [6.07, 6.45) is 4.00. The van der Waals surface area contributed by atoms with E-state index in [2.05, 4.69) is 13.0 Å². The molecule has 1 saturated carbocycles. The molecule has 124 valence electrons. The second-order valence-electron chi connectivity index (χ2n) is 6.58. The molecule has 4 heteroatoms. The van der Waals surface area contributed by atoms with Crippen molar-refractivity contribution in [2.45, 2.75) is 39.2 Å². The Bertz CT molecular complexity index is 692. The van der Waals surface area contributed by atoms with Gasteiger partial charge in [0.25, 0.3) is 0 Å². The second kappa shape index (κ2) is 6.75. The number of nitrogens with two attached hydrogens (primary N) is 1. The standard InChI is InChI=1S/C19H26N2O2/c1-3-17-16(15-8-4-5-10-18(15)23-17)12-21(2)19(22)14-9-6-7-13(14)11-20/h4-5,8,10,13-14H,3,6-7,9,11-12,20H2,1-2H3/t13-,14-/m1/s1. The minimum absolute atomic E-state index is 0.0910. The molecule has 2 aromatic rings. The zero-order chi connectivity index (χ0) is 16.4. The summed E-state index contributed by atoms with van der Waals surface area (Å²) in [6, 6.07) is 8.06. The summed E-state index contributed by atoms with van der Waals surface area (Å²) < 4.78 is 5.94. The molecular weight excluding hydrogens is 288 g/mol. The van der Waals surface area contributed by atoms with Crippen molar-refractivity contribution in [3.05, 3.63) is 35.6 Å². The van der Waals surface area contributed by atoms with Crippen LogP contribution in [0.25, 0.3) is 11.0 Å². The second-order valence-corrected chi connectivity index (χ2v) is 6.58. The monoisotopic (exact) mass is 314 g/mol. The summed E-state index contributed by atoms with van der Waals surface area (Å²) >= 11 is 0. The van der Waals surface area contributed by atoms with E-state index in [9.17, 15) is 4.79 Å². The SMILES string of the molecule is CCc1oc2ccccc2c1CN(C)C(=O)[C@@H]1CCC[C@@H]1CN. The van der Waals surface area contributed by atoms with Gasteiger partial charge in [-0.15, -0.1) is 0 Å². The Balaban J connectivity index is 1.82. The molecule has 1 amide bonds. The molecule has 1 heterocycles. The predicted molar refractivity (Wildman–Crippen MR) is 92.0 cm³/mol. The number of furan rings is 1. The summed E-state index contributed by atoms with van der Waals surface area (Å²) in [6.45, 7) is 3.30. The van der Waals surface area contributed by atoms with Crippen molar-refractivity contribution in [2.75, 3.05) is 13.6 Å². The van der Waals surface area contributed by atoms with Gasteiger partial charge in [-0.1, -0.05) is 31.5 Å². The van der Waals surface area contributed by atoms with Gasteiger partial charge in [0, 0.05) is 36.9 Å². The zero-order valence-corrected chi connectivity index (χ0v) is 14.0. The molecule has 4 nitrogen and oxygen atoms in total. The molecule has 2 N–H and O–H groups in total. The largest absolute Gasteiger partial charge is 0.461 e. The third-order valence-electron chi connectivity index (χ3n) is 5.15. The van der Waals surface area contributed by atoms with E-state index in [-0.39, 0.29) is 11.8 Å². The van der Waals surface area contributed by atoms with Crippen molar-refractivity contribution in [3.63, 3.8) is 0 Å². The highest BCUT2D eigenvalue weighted by atomic mass is 16.3. The Morgan fingerprint density at radius 1 is 1.35 bits per heavy atom. The van der Waals surface area contributed by atoms with Crippen LogP contribution in [0.15, 0.2) is 28.7 Å². The first-order valence-electron chi connectivity index (χ1n) is 8.60. The smallest absolute Gasteiger partial charge is 0.226 e. The molecule has 0 aliphatic heterocycles. The maximum absolute atomic E-state index is 12.8. The average Bonchev–Trinajstić information content (AvgIpc) is 3.18. The number of rotatable bonds is 5. The molecule has 0 unspecified atom stereocenters. The van der Waals surface area contributed by atoms with Gasteiger partial charge in [-0.2, -0.15) is 0 Å². The van der Waals surface area contributed by atoms with Crippen LogP contribution >= 0.6 is 0 Å². The molecule has 0 spiro atoms. The van der Waals surface area contributed by atoms with E-state index in [0.717, 1.165) is 48.0 Å². The lowest BCUT2D eigenvalue weighted by Crippen LogP contribution is -2.36. The van der Waals surface area contributed by atoms with E-state index in [1.54, 1.807) is 0 Å². The highest BCUT2D eigenvalue weighted by Crippen LogP contribution is 2.33. The number of carbonyl (C=O) groups is 1. The van der Waals surface area contributed by atoms with Crippen molar-refractivity contribution in [3.8, 4) is 0 Å². The van der Waals surface area contributed by atoms with Crippen LogP contribution in [0.2, 0.25) is 0 Å². The van der Waals surface area contributed by atoms with E-state index in [0.29, 0.717) is 19.0 Å². The quantitative estimate of drug-likeness (QED) is 0.921. The number of hydrogen-bond donors (Lipinski definition) is 1. The fourth-order valence-corrected chi connectivity index (χ4v) is 3.85. The Hall–Kier alpha value is -1.81. The van der Waals surface area contributed by atoms with Gasteiger partial charge in [-0.05, 0) is 31.4 Å². The molecule has 1 fully saturated rings. The number of amides is 1. The Morgan fingerprint density at radius 2 is 2.13 bits per heavy atom. The van der Waals surface area contributed by atoms with Gasteiger partial charge in [0.1, 0.15) is 11.3 Å². The minimum atomic E-state index is 0.0910.